The average Bonchev–Trinajstić information content (AvgIpc) is 3.05. The summed E-state index contributed by atoms with van der Waals surface area (Å²) in [5.74, 6) is 0.736. The van der Waals surface area contributed by atoms with E-state index in [1.165, 1.54) is 0 Å². The quantitative estimate of drug-likeness (QED) is 0.722. The maximum Gasteiger partial charge on any atom is 0.226 e. The lowest BCUT2D eigenvalue weighted by Crippen LogP contribution is -2.37. The smallest absolute Gasteiger partial charge is 0.226 e. The molecule has 6 nitrogen and oxygen atoms in total. The molecule has 0 bridgehead atoms. The summed E-state index contributed by atoms with van der Waals surface area (Å²) in [7, 11) is 0. The number of nitrogens with zero attached hydrogens (tertiary/aromatic N) is 5. The lowest BCUT2D eigenvalue weighted by atomic mass is 10.2. The van der Waals surface area contributed by atoms with Crippen LogP contribution in [0.2, 0.25) is 5.02 Å². The molecule has 1 fully saturated rings. The molecule has 7 heteroatoms. The maximum absolute atomic E-state index is 5.96. The molecule has 0 atom stereocenters. The lowest BCUT2D eigenvalue weighted by Gasteiger charge is -2.26. The zero-order valence-corrected chi connectivity index (χ0v) is 14.6. The number of aryl methyl sites for hydroxylation is 1. The van der Waals surface area contributed by atoms with Gasteiger partial charge in [0.05, 0.1) is 30.3 Å². The van der Waals surface area contributed by atoms with Crippen molar-refractivity contribution in [1.29, 1.82) is 0 Å². The van der Waals surface area contributed by atoms with E-state index in [1.54, 1.807) is 6.20 Å². The maximum atomic E-state index is 5.96. The van der Waals surface area contributed by atoms with E-state index in [1.807, 2.05) is 48.1 Å². The van der Waals surface area contributed by atoms with Crippen molar-refractivity contribution in [3.63, 3.8) is 0 Å². The monoisotopic (exact) mass is 355 g/mol. The van der Waals surface area contributed by atoms with Gasteiger partial charge >= 0.3 is 0 Å². The average molecular weight is 356 g/mol. The highest BCUT2D eigenvalue weighted by molar-refractivity contribution is 6.30. The Labute approximate surface area is 151 Å². The third kappa shape index (κ3) is 3.36. The highest BCUT2D eigenvalue weighted by Crippen LogP contribution is 2.24. The number of ether oxygens (including phenoxy) is 1. The van der Waals surface area contributed by atoms with Gasteiger partial charge in [0.15, 0.2) is 0 Å². The lowest BCUT2D eigenvalue weighted by molar-refractivity contribution is 0.122. The van der Waals surface area contributed by atoms with Crippen LogP contribution < -0.4 is 4.90 Å². The Balaban J connectivity index is 1.66. The van der Waals surface area contributed by atoms with Crippen LogP contribution in [0.25, 0.3) is 16.9 Å². The Morgan fingerprint density at radius 3 is 2.60 bits per heavy atom. The zero-order chi connectivity index (χ0) is 17.2. The van der Waals surface area contributed by atoms with Crippen LogP contribution in [-0.4, -0.2) is 46.1 Å². The number of halogens is 1. The summed E-state index contributed by atoms with van der Waals surface area (Å²) in [5, 5.41) is 5.32. The minimum atomic E-state index is 0.707. The van der Waals surface area contributed by atoms with Gasteiger partial charge < -0.3 is 9.64 Å². The normalized spacial score (nSPS) is 14.7. The second-order valence-electron chi connectivity index (χ2n) is 5.89. The molecule has 128 valence electrons. The Morgan fingerprint density at radius 2 is 1.84 bits per heavy atom. The number of hydrogen-bond donors (Lipinski definition) is 0. The van der Waals surface area contributed by atoms with E-state index in [-0.39, 0.29) is 0 Å². The Morgan fingerprint density at radius 1 is 1.08 bits per heavy atom. The molecule has 0 radical (unpaired) electrons. The second-order valence-corrected chi connectivity index (χ2v) is 6.33. The topological polar surface area (TPSA) is 56.1 Å². The van der Waals surface area contributed by atoms with Crippen molar-refractivity contribution < 1.29 is 4.74 Å². The number of aromatic nitrogens is 4. The van der Waals surface area contributed by atoms with Crippen LogP contribution in [0.15, 0.2) is 42.7 Å². The van der Waals surface area contributed by atoms with E-state index in [0.717, 1.165) is 41.7 Å². The Hall–Kier alpha value is -2.44. The van der Waals surface area contributed by atoms with Gasteiger partial charge in [-0.2, -0.15) is 5.10 Å². The first kappa shape index (κ1) is 16.1. The second kappa shape index (κ2) is 6.82. The summed E-state index contributed by atoms with van der Waals surface area (Å²) in [6, 6.07) is 9.51. The molecule has 3 heterocycles. The zero-order valence-electron chi connectivity index (χ0n) is 13.9. The minimum Gasteiger partial charge on any atom is -0.378 e. The van der Waals surface area contributed by atoms with E-state index >= 15 is 0 Å². The summed E-state index contributed by atoms with van der Waals surface area (Å²) >= 11 is 5.96. The first-order valence-electron chi connectivity index (χ1n) is 8.19. The van der Waals surface area contributed by atoms with Gasteiger partial charge in [-0.15, -0.1) is 0 Å². The minimum absolute atomic E-state index is 0.707. The number of morpholine rings is 1. The molecule has 0 N–H and O–H groups in total. The third-order valence-corrected chi connectivity index (χ3v) is 4.45. The molecule has 4 rings (SSSR count). The number of hydrogen-bond acceptors (Lipinski definition) is 5. The van der Waals surface area contributed by atoms with Crippen molar-refractivity contribution in [2.45, 2.75) is 6.92 Å². The summed E-state index contributed by atoms with van der Waals surface area (Å²) in [5.41, 5.74) is 3.74. The molecule has 3 aromatic rings. The summed E-state index contributed by atoms with van der Waals surface area (Å²) in [6.45, 7) is 5.03. The molecule has 0 aliphatic carbocycles. The van der Waals surface area contributed by atoms with Gasteiger partial charge in [-0.1, -0.05) is 11.6 Å². The molecule has 0 saturated carbocycles. The van der Waals surface area contributed by atoms with E-state index in [0.29, 0.717) is 18.2 Å². The predicted molar refractivity (Wildman–Crippen MR) is 97.4 cm³/mol. The first-order chi connectivity index (χ1) is 12.2. The van der Waals surface area contributed by atoms with Crippen LogP contribution in [0, 0.1) is 6.92 Å². The number of benzene rings is 1. The highest BCUT2D eigenvalue weighted by Gasteiger charge is 2.16. The Bertz CT molecular complexity index is 871. The molecule has 1 aliphatic rings. The van der Waals surface area contributed by atoms with Gasteiger partial charge in [-0.3, -0.25) is 0 Å². The standard InChI is InChI=1S/C18H18ClN5O/c1-13-16(12-24(22-13)15-4-2-14(19)3-5-15)17-6-7-20-18(21-17)23-8-10-25-11-9-23/h2-7,12H,8-11H2,1H3. The van der Waals surface area contributed by atoms with E-state index in [4.69, 9.17) is 21.3 Å². The van der Waals surface area contributed by atoms with Crippen molar-refractivity contribution in [2.24, 2.45) is 0 Å². The third-order valence-electron chi connectivity index (χ3n) is 4.20. The number of anilines is 1. The molecule has 25 heavy (non-hydrogen) atoms. The fraction of sp³-hybridized carbons (Fsp3) is 0.278. The molecule has 0 spiro atoms. The van der Waals surface area contributed by atoms with Crippen LogP contribution in [0.5, 0.6) is 0 Å². The largest absolute Gasteiger partial charge is 0.378 e. The molecule has 1 aromatic carbocycles. The van der Waals surface area contributed by atoms with Crippen molar-refractivity contribution in [3.05, 3.63) is 53.4 Å². The summed E-state index contributed by atoms with van der Waals surface area (Å²) < 4.78 is 7.24. The van der Waals surface area contributed by atoms with E-state index in [9.17, 15) is 0 Å². The van der Waals surface area contributed by atoms with E-state index in [2.05, 4.69) is 15.0 Å². The van der Waals surface area contributed by atoms with Crippen molar-refractivity contribution in [2.75, 3.05) is 31.2 Å². The molecular formula is C18H18ClN5O. The fourth-order valence-electron chi connectivity index (χ4n) is 2.85. The molecule has 0 unspecified atom stereocenters. The Kier molecular flexibility index (Phi) is 4.38. The molecule has 0 amide bonds. The van der Waals surface area contributed by atoms with Gasteiger partial charge in [0.25, 0.3) is 0 Å². The van der Waals surface area contributed by atoms with Crippen molar-refractivity contribution in [1.82, 2.24) is 19.7 Å². The van der Waals surface area contributed by atoms with Gasteiger partial charge in [0, 0.05) is 36.1 Å². The molecule has 1 aliphatic heterocycles. The summed E-state index contributed by atoms with van der Waals surface area (Å²) in [6.07, 6.45) is 3.79. The predicted octanol–water partition coefficient (Wildman–Crippen LogP) is 3.13. The molecule has 1 saturated heterocycles. The molecular weight excluding hydrogens is 338 g/mol. The van der Waals surface area contributed by atoms with Gasteiger partial charge in [0.1, 0.15) is 0 Å². The van der Waals surface area contributed by atoms with Crippen LogP contribution in [0.4, 0.5) is 5.95 Å². The van der Waals surface area contributed by atoms with Crippen molar-refractivity contribution >= 4 is 17.5 Å². The van der Waals surface area contributed by atoms with Gasteiger partial charge in [0.2, 0.25) is 5.95 Å². The van der Waals surface area contributed by atoms with Crippen molar-refractivity contribution in [3.8, 4) is 16.9 Å². The van der Waals surface area contributed by atoms with E-state index < -0.39 is 0 Å². The van der Waals surface area contributed by atoms with Crippen LogP contribution in [0.3, 0.4) is 0 Å². The van der Waals surface area contributed by atoms with Crippen LogP contribution in [-0.2, 0) is 4.74 Å². The summed E-state index contributed by atoms with van der Waals surface area (Å²) in [4.78, 5) is 11.3. The molecule has 2 aromatic heterocycles. The highest BCUT2D eigenvalue weighted by atomic mass is 35.5. The fourth-order valence-corrected chi connectivity index (χ4v) is 2.98. The van der Waals surface area contributed by atoms with Crippen LogP contribution in [0.1, 0.15) is 5.69 Å². The van der Waals surface area contributed by atoms with Gasteiger partial charge in [-0.05, 0) is 37.3 Å². The SMILES string of the molecule is Cc1nn(-c2ccc(Cl)cc2)cc1-c1ccnc(N2CCOCC2)n1. The van der Waals surface area contributed by atoms with Gasteiger partial charge in [-0.25, -0.2) is 14.6 Å². The number of rotatable bonds is 3. The van der Waals surface area contributed by atoms with Crippen LogP contribution >= 0.6 is 11.6 Å². The first-order valence-corrected chi connectivity index (χ1v) is 8.57.